The number of nitro groups is 1. The van der Waals surface area contributed by atoms with E-state index in [0.29, 0.717) is 16.1 Å². The van der Waals surface area contributed by atoms with Gasteiger partial charge in [-0.15, -0.1) is 0 Å². The molecule has 0 bridgehead atoms. The number of amides is 4. The molecule has 1 atom stereocenters. The third-order valence-corrected chi connectivity index (χ3v) is 5.07. The van der Waals surface area contributed by atoms with Crippen LogP contribution in [-0.2, 0) is 10.3 Å². The van der Waals surface area contributed by atoms with Gasteiger partial charge in [-0.2, -0.15) is 5.01 Å². The Labute approximate surface area is 170 Å². The number of rotatable bonds is 4. The summed E-state index contributed by atoms with van der Waals surface area (Å²) in [4.78, 5) is 48.2. The number of urea groups is 1. The van der Waals surface area contributed by atoms with Crippen molar-refractivity contribution in [3.8, 4) is 0 Å². The summed E-state index contributed by atoms with van der Waals surface area (Å²) in [6, 6.07) is 17.0. The summed E-state index contributed by atoms with van der Waals surface area (Å²) in [5.74, 6) is -1.31. The molecular formula is C21H16N4O5. The van der Waals surface area contributed by atoms with Crippen molar-refractivity contribution < 1.29 is 19.3 Å². The van der Waals surface area contributed by atoms with E-state index in [-0.39, 0.29) is 5.69 Å². The number of hydrazine groups is 1. The van der Waals surface area contributed by atoms with Crippen molar-refractivity contribution >= 4 is 34.3 Å². The number of fused-ring (bicyclic) bond motifs is 1. The molecular weight excluding hydrogens is 388 g/mol. The van der Waals surface area contributed by atoms with Crippen LogP contribution in [0.25, 0.3) is 10.8 Å². The van der Waals surface area contributed by atoms with Crippen molar-refractivity contribution in [1.29, 1.82) is 0 Å². The Balaban J connectivity index is 1.57. The lowest BCUT2D eigenvalue weighted by Gasteiger charge is -2.22. The van der Waals surface area contributed by atoms with Crippen molar-refractivity contribution in [1.82, 2.24) is 15.8 Å². The monoisotopic (exact) mass is 404 g/mol. The first-order valence-corrected chi connectivity index (χ1v) is 9.01. The third kappa shape index (κ3) is 3.12. The van der Waals surface area contributed by atoms with Gasteiger partial charge in [-0.1, -0.05) is 30.3 Å². The minimum absolute atomic E-state index is 0.138. The quantitative estimate of drug-likeness (QED) is 0.393. The number of carbonyl (C=O) groups excluding carboxylic acids is 3. The summed E-state index contributed by atoms with van der Waals surface area (Å²) in [5.41, 5.74) is 1.38. The Morgan fingerprint density at radius 2 is 1.70 bits per heavy atom. The van der Waals surface area contributed by atoms with Gasteiger partial charge in [0.1, 0.15) is 5.54 Å². The molecule has 30 heavy (non-hydrogen) atoms. The van der Waals surface area contributed by atoms with Gasteiger partial charge in [0.15, 0.2) is 0 Å². The normalized spacial score (nSPS) is 18.4. The molecule has 4 amide bonds. The number of benzene rings is 3. The minimum atomic E-state index is -1.47. The fourth-order valence-electron chi connectivity index (χ4n) is 3.35. The minimum Gasteiger partial charge on any atom is -0.318 e. The van der Waals surface area contributed by atoms with Crippen LogP contribution in [0.1, 0.15) is 22.8 Å². The number of hydrogen-bond donors (Lipinski definition) is 2. The molecule has 1 saturated heterocycles. The number of nitrogens with zero attached hydrogens (tertiary/aromatic N) is 2. The molecule has 0 aliphatic carbocycles. The zero-order chi connectivity index (χ0) is 21.5. The predicted octanol–water partition coefficient (Wildman–Crippen LogP) is 2.86. The second kappa shape index (κ2) is 6.96. The first-order chi connectivity index (χ1) is 14.3. The number of carbonyl (C=O) groups is 3. The van der Waals surface area contributed by atoms with Gasteiger partial charge in [-0.05, 0) is 47.5 Å². The van der Waals surface area contributed by atoms with Gasteiger partial charge in [0.05, 0.1) is 4.92 Å². The first-order valence-electron chi connectivity index (χ1n) is 9.01. The molecule has 4 rings (SSSR count). The highest BCUT2D eigenvalue weighted by atomic mass is 16.6. The topological polar surface area (TPSA) is 122 Å². The maximum atomic E-state index is 12.9. The zero-order valence-corrected chi connectivity index (χ0v) is 15.8. The van der Waals surface area contributed by atoms with Crippen LogP contribution in [0.2, 0.25) is 0 Å². The van der Waals surface area contributed by atoms with Gasteiger partial charge in [-0.3, -0.25) is 25.1 Å². The molecule has 150 valence electrons. The molecule has 1 aliphatic rings. The van der Waals surface area contributed by atoms with E-state index in [0.717, 1.165) is 10.8 Å². The van der Waals surface area contributed by atoms with Crippen LogP contribution in [0.5, 0.6) is 0 Å². The Hall–Kier alpha value is -4.27. The van der Waals surface area contributed by atoms with Crippen LogP contribution in [0.4, 0.5) is 10.5 Å². The van der Waals surface area contributed by atoms with E-state index in [1.54, 1.807) is 18.2 Å². The van der Waals surface area contributed by atoms with E-state index in [9.17, 15) is 24.5 Å². The standard InChI is InChI=1S/C21H16N4O5/c1-21(16-8-10-17(11-9-16)25(29)30)19(27)24(20(28)22-21)23-18(26)15-7-6-13-4-2-3-5-14(13)12-15/h2-12H,1H3,(H,22,28)(H,23,26)/t21-/m1/s1. The van der Waals surface area contributed by atoms with Gasteiger partial charge in [0.25, 0.3) is 17.5 Å². The first kappa shape index (κ1) is 19.1. The van der Waals surface area contributed by atoms with Gasteiger partial charge in [-0.25, -0.2) is 4.79 Å². The number of nitro benzene ring substituents is 1. The van der Waals surface area contributed by atoms with Crippen molar-refractivity contribution in [3.05, 3.63) is 88.0 Å². The number of hydrogen-bond acceptors (Lipinski definition) is 5. The van der Waals surface area contributed by atoms with Crippen LogP contribution in [0, 0.1) is 10.1 Å². The van der Waals surface area contributed by atoms with Gasteiger partial charge in [0, 0.05) is 17.7 Å². The molecule has 0 radical (unpaired) electrons. The molecule has 0 saturated carbocycles. The fraction of sp³-hybridized carbons (Fsp3) is 0.0952. The molecule has 0 unspecified atom stereocenters. The third-order valence-electron chi connectivity index (χ3n) is 5.07. The second-order valence-corrected chi connectivity index (χ2v) is 7.00. The molecule has 0 aromatic heterocycles. The summed E-state index contributed by atoms with van der Waals surface area (Å²) < 4.78 is 0. The average molecular weight is 404 g/mol. The smallest absolute Gasteiger partial charge is 0.318 e. The number of non-ortho nitro benzene ring substituents is 1. The maximum absolute atomic E-state index is 12.9. The van der Waals surface area contributed by atoms with Crippen LogP contribution in [-0.4, -0.2) is 27.8 Å². The summed E-state index contributed by atoms with van der Waals surface area (Å²) >= 11 is 0. The van der Waals surface area contributed by atoms with Gasteiger partial charge >= 0.3 is 6.03 Å². The van der Waals surface area contributed by atoms with Crippen LogP contribution < -0.4 is 10.7 Å². The molecule has 1 aliphatic heterocycles. The summed E-state index contributed by atoms with van der Waals surface area (Å²) in [6.45, 7) is 1.47. The van der Waals surface area contributed by atoms with E-state index in [2.05, 4.69) is 10.7 Å². The molecule has 9 nitrogen and oxygen atoms in total. The fourth-order valence-corrected chi connectivity index (χ4v) is 3.35. The molecule has 3 aromatic rings. The van der Waals surface area contributed by atoms with Gasteiger partial charge < -0.3 is 5.32 Å². The maximum Gasteiger partial charge on any atom is 0.344 e. The Kier molecular flexibility index (Phi) is 4.42. The summed E-state index contributed by atoms with van der Waals surface area (Å²) in [6.07, 6.45) is 0. The molecule has 3 aromatic carbocycles. The van der Waals surface area contributed by atoms with Crippen molar-refractivity contribution in [3.63, 3.8) is 0 Å². The summed E-state index contributed by atoms with van der Waals surface area (Å²) in [5, 5.41) is 15.8. The van der Waals surface area contributed by atoms with Crippen LogP contribution in [0.3, 0.4) is 0 Å². The lowest BCUT2D eigenvalue weighted by molar-refractivity contribution is -0.384. The second-order valence-electron chi connectivity index (χ2n) is 7.00. The van der Waals surface area contributed by atoms with E-state index in [1.165, 1.54) is 31.2 Å². The van der Waals surface area contributed by atoms with Crippen molar-refractivity contribution in [2.75, 3.05) is 0 Å². The number of nitrogens with one attached hydrogen (secondary N) is 2. The van der Waals surface area contributed by atoms with E-state index >= 15 is 0 Å². The highest BCUT2D eigenvalue weighted by Crippen LogP contribution is 2.29. The Morgan fingerprint density at radius 3 is 2.37 bits per heavy atom. The van der Waals surface area contributed by atoms with Crippen LogP contribution >= 0.6 is 0 Å². The molecule has 1 fully saturated rings. The predicted molar refractivity (Wildman–Crippen MR) is 107 cm³/mol. The SMILES string of the molecule is C[C@]1(c2ccc([N+](=O)[O-])cc2)NC(=O)N(NC(=O)c2ccc3ccccc3c2)C1=O. The van der Waals surface area contributed by atoms with Crippen molar-refractivity contribution in [2.24, 2.45) is 0 Å². The van der Waals surface area contributed by atoms with Gasteiger partial charge in [0.2, 0.25) is 0 Å². The van der Waals surface area contributed by atoms with E-state index < -0.39 is 28.3 Å². The molecule has 9 heteroatoms. The molecule has 0 spiro atoms. The molecule has 2 N–H and O–H groups in total. The van der Waals surface area contributed by atoms with Crippen LogP contribution in [0.15, 0.2) is 66.7 Å². The average Bonchev–Trinajstić information content (AvgIpc) is 2.97. The zero-order valence-electron chi connectivity index (χ0n) is 15.8. The highest BCUT2D eigenvalue weighted by Gasteiger charge is 2.50. The largest absolute Gasteiger partial charge is 0.344 e. The van der Waals surface area contributed by atoms with E-state index in [1.807, 2.05) is 24.3 Å². The van der Waals surface area contributed by atoms with E-state index in [4.69, 9.17) is 0 Å². The van der Waals surface area contributed by atoms with Crippen molar-refractivity contribution in [2.45, 2.75) is 12.5 Å². The number of imide groups is 1. The lowest BCUT2D eigenvalue weighted by Crippen LogP contribution is -2.47. The Morgan fingerprint density at radius 1 is 1.03 bits per heavy atom. The summed E-state index contributed by atoms with van der Waals surface area (Å²) in [7, 11) is 0. The Bertz CT molecular complexity index is 1210. The highest BCUT2D eigenvalue weighted by molar-refractivity contribution is 6.09. The lowest BCUT2D eigenvalue weighted by atomic mass is 9.92. The molecule has 1 heterocycles.